The van der Waals surface area contributed by atoms with Gasteiger partial charge in [-0.25, -0.2) is 4.79 Å². The first-order valence-electron chi connectivity index (χ1n) is 11.5. The van der Waals surface area contributed by atoms with Crippen LogP contribution < -0.4 is 5.32 Å². The lowest BCUT2D eigenvalue weighted by molar-refractivity contribution is -0.112. The Kier molecular flexibility index (Phi) is 8.03. The van der Waals surface area contributed by atoms with Crippen molar-refractivity contribution in [1.82, 2.24) is 4.57 Å². The molecule has 0 bridgehead atoms. The molecule has 37 heavy (non-hydrogen) atoms. The van der Waals surface area contributed by atoms with Gasteiger partial charge in [-0.3, -0.25) is 4.79 Å². The number of hydrogen-bond donors (Lipinski definition) is 1. The highest BCUT2D eigenvalue weighted by atomic mass is 35.5. The highest BCUT2D eigenvalue weighted by Crippen LogP contribution is 2.34. The Balaban J connectivity index is 1.69. The molecule has 0 spiro atoms. The number of fused-ring (bicyclic) bond motifs is 1. The van der Waals surface area contributed by atoms with Crippen LogP contribution in [0.3, 0.4) is 0 Å². The van der Waals surface area contributed by atoms with Crippen molar-refractivity contribution in [3.8, 4) is 6.07 Å². The van der Waals surface area contributed by atoms with Gasteiger partial charge < -0.3 is 14.6 Å². The molecular weight excluding hydrogens is 529 g/mol. The zero-order valence-electron chi connectivity index (χ0n) is 20.4. The average Bonchev–Trinajstić information content (AvgIpc) is 3.35. The fraction of sp³-hybridized carbons (Fsp3) is 0.179. The monoisotopic (exact) mass is 551 g/mol. The number of thiophene rings is 1. The molecule has 2 aromatic heterocycles. The second-order valence-electron chi connectivity index (χ2n) is 8.30. The third-order valence-electron chi connectivity index (χ3n) is 5.93. The molecule has 0 atom stereocenters. The van der Waals surface area contributed by atoms with Gasteiger partial charge in [-0.15, -0.1) is 11.3 Å². The van der Waals surface area contributed by atoms with E-state index in [0.717, 1.165) is 26.9 Å². The molecule has 6 nitrogen and oxygen atoms in total. The minimum absolute atomic E-state index is 0.0917. The summed E-state index contributed by atoms with van der Waals surface area (Å²) < 4.78 is 7.17. The number of halogens is 2. The van der Waals surface area contributed by atoms with Gasteiger partial charge in [-0.2, -0.15) is 5.26 Å². The van der Waals surface area contributed by atoms with Gasteiger partial charge in [0.1, 0.15) is 16.6 Å². The molecular formula is C28H23Cl2N3O3S. The van der Waals surface area contributed by atoms with Crippen molar-refractivity contribution < 1.29 is 14.3 Å². The molecule has 0 saturated heterocycles. The molecule has 9 heteroatoms. The number of rotatable bonds is 7. The molecule has 0 unspecified atom stereocenters. The molecule has 4 aromatic rings. The van der Waals surface area contributed by atoms with E-state index in [9.17, 15) is 14.9 Å². The molecule has 0 radical (unpaired) electrons. The SMILES string of the molecule is CCOC(=O)c1c(NC(=O)/C(C#N)=C/c2cn(Cc3ccc(Cl)cc3Cl)c3ccccc23)sc(C)c1C. The Labute approximate surface area is 228 Å². The first-order valence-corrected chi connectivity index (χ1v) is 13.0. The van der Waals surface area contributed by atoms with E-state index in [1.54, 1.807) is 32.1 Å². The quantitative estimate of drug-likeness (QED) is 0.147. The van der Waals surface area contributed by atoms with Crippen molar-refractivity contribution in [2.75, 3.05) is 11.9 Å². The summed E-state index contributed by atoms with van der Waals surface area (Å²) in [5.74, 6) is -1.11. The Hall–Kier alpha value is -3.57. The second kappa shape index (κ2) is 11.2. The Morgan fingerprint density at radius 1 is 1.19 bits per heavy atom. The maximum atomic E-state index is 13.1. The van der Waals surface area contributed by atoms with Crippen molar-refractivity contribution >= 4 is 68.4 Å². The van der Waals surface area contributed by atoms with Crippen LogP contribution in [0, 0.1) is 25.2 Å². The van der Waals surface area contributed by atoms with Crippen molar-refractivity contribution in [2.24, 2.45) is 0 Å². The molecule has 2 aromatic carbocycles. The van der Waals surface area contributed by atoms with Crippen molar-refractivity contribution in [3.63, 3.8) is 0 Å². The molecule has 0 aliphatic carbocycles. The van der Waals surface area contributed by atoms with Gasteiger partial charge in [0.15, 0.2) is 0 Å². The van der Waals surface area contributed by atoms with Crippen LogP contribution >= 0.6 is 34.5 Å². The molecule has 0 aliphatic heterocycles. The van der Waals surface area contributed by atoms with Crippen LogP contribution in [-0.4, -0.2) is 23.1 Å². The molecule has 1 amide bonds. The summed E-state index contributed by atoms with van der Waals surface area (Å²) in [6.07, 6.45) is 3.43. The van der Waals surface area contributed by atoms with E-state index in [1.807, 2.05) is 54.1 Å². The van der Waals surface area contributed by atoms with Crippen molar-refractivity contribution in [1.29, 1.82) is 5.26 Å². The smallest absolute Gasteiger partial charge is 0.341 e. The Morgan fingerprint density at radius 2 is 1.95 bits per heavy atom. The number of benzene rings is 2. The normalized spacial score (nSPS) is 11.4. The van der Waals surface area contributed by atoms with Crippen LogP contribution in [0.4, 0.5) is 5.00 Å². The van der Waals surface area contributed by atoms with E-state index in [-0.39, 0.29) is 12.2 Å². The van der Waals surface area contributed by atoms with Gasteiger partial charge in [0.2, 0.25) is 0 Å². The number of esters is 1. The van der Waals surface area contributed by atoms with Crippen LogP contribution in [0.2, 0.25) is 10.0 Å². The Bertz CT molecular complexity index is 1590. The van der Waals surface area contributed by atoms with Crippen molar-refractivity contribution in [2.45, 2.75) is 27.3 Å². The molecule has 1 N–H and O–H groups in total. The summed E-state index contributed by atoms with van der Waals surface area (Å²) in [5, 5.41) is 14.9. The van der Waals surface area contributed by atoms with Gasteiger partial charge in [0.05, 0.1) is 12.2 Å². The minimum atomic E-state index is -0.605. The number of carbonyl (C=O) groups is 2. The van der Waals surface area contributed by atoms with Crippen molar-refractivity contribution in [3.05, 3.63) is 91.4 Å². The van der Waals surface area contributed by atoms with E-state index in [1.165, 1.54) is 11.3 Å². The fourth-order valence-corrected chi connectivity index (χ4v) is 5.50. The van der Waals surface area contributed by atoms with Gasteiger partial charge >= 0.3 is 5.97 Å². The topological polar surface area (TPSA) is 84.1 Å². The number of nitrogens with one attached hydrogen (secondary N) is 1. The lowest BCUT2D eigenvalue weighted by Gasteiger charge is -2.08. The summed E-state index contributed by atoms with van der Waals surface area (Å²) in [6, 6.07) is 15.1. The highest BCUT2D eigenvalue weighted by molar-refractivity contribution is 7.16. The van der Waals surface area contributed by atoms with Gasteiger partial charge in [-0.05, 0) is 56.2 Å². The number of nitrogens with zero attached hydrogens (tertiary/aromatic N) is 2. The lowest BCUT2D eigenvalue weighted by Crippen LogP contribution is -2.16. The summed E-state index contributed by atoms with van der Waals surface area (Å²) in [7, 11) is 0. The molecule has 0 saturated carbocycles. The number of carbonyl (C=O) groups excluding carboxylic acids is 2. The van der Waals surface area contributed by atoms with Crippen LogP contribution in [0.1, 0.15) is 38.8 Å². The predicted molar refractivity (Wildman–Crippen MR) is 149 cm³/mol. The van der Waals surface area contributed by atoms with Crippen LogP contribution in [0.15, 0.2) is 54.2 Å². The molecule has 4 rings (SSSR count). The minimum Gasteiger partial charge on any atom is -0.462 e. The van der Waals surface area contributed by atoms with Gasteiger partial charge in [0, 0.05) is 44.1 Å². The summed E-state index contributed by atoms with van der Waals surface area (Å²) in [6.45, 7) is 6.08. The summed E-state index contributed by atoms with van der Waals surface area (Å²) in [4.78, 5) is 26.5. The number of amides is 1. The number of aryl methyl sites for hydroxylation is 1. The van der Waals surface area contributed by atoms with E-state index >= 15 is 0 Å². The second-order valence-corrected chi connectivity index (χ2v) is 10.4. The molecule has 0 aliphatic rings. The van der Waals surface area contributed by atoms with E-state index < -0.39 is 11.9 Å². The van der Waals surface area contributed by atoms with E-state index in [2.05, 4.69) is 5.32 Å². The first kappa shape index (κ1) is 26.5. The number of nitriles is 1. The van der Waals surface area contributed by atoms with Gasteiger partial charge in [0.25, 0.3) is 5.91 Å². The standard InChI is InChI=1S/C28H23Cl2N3O3S/c1-4-36-28(35)25-16(2)17(3)37-27(25)32-26(34)19(13-31)11-20-15-33(24-8-6-5-7-22(20)24)14-18-9-10-21(29)12-23(18)30/h5-12,15H,4,14H2,1-3H3,(H,32,34)/b19-11+. The number of hydrogen-bond acceptors (Lipinski definition) is 5. The fourth-order valence-electron chi connectivity index (χ4n) is 3.99. The highest BCUT2D eigenvalue weighted by Gasteiger charge is 2.23. The van der Waals surface area contributed by atoms with Gasteiger partial charge in [-0.1, -0.05) is 47.5 Å². The lowest BCUT2D eigenvalue weighted by atomic mass is 10.1. The first-order chi connectivity index (χ1) is 17.7. The maximum absolute atomic E-state index is 13.1. The van der Waals surface area contributed by atoms with E-state index in [0.29, 0.717) is 32.7 Å². The summed E-state index contributed by atoms with van der Waals surface area (Å²) in [5.41, 5.74) is 3.47. The maximum Gasteiger partial charge on any atom is 0.341 e. The summed E-state index contributed by atoms with van der Waals surface area (Å²) >= 11 is 13.7. The van der Waals surface area contributed by atoms with Crippen LogP contribution in [-0.2, 0) is 16.1 Å². The molecule has 188 valence electrons. The van der Waals surface area contributed by atoms with E-state index in [4.69, 9.17) is 27.9 Å². The molecule has 2 heterocycles. The third kappa shape index (κ3) is 5.57. The third-order valence-corrected chi connectivity index (χ3v) is 7.64. The zero-order chi connectivity index (χ0) is 26.7. The number of anilines is 1. The predicted octanol–water partition coefficient (Wildman–Crippen LogP) is 7.40. The van der Waals surface area contributed by atoms with Crippen LogP contribution in [0.5, 0.6) is 0 Å². The largest absolute Gasteiger partial charge is 0.462 e. The average molecular weight is 552 g/mol. The molecule has 0 fully saturated rings. The zero-order valence-corrected chi connectivity index (χ0v) is 22.7. The number of ether oxygens (including phenoxy) is 1. The number of para-hydroxylation sites is 1. The van der Waals surface area contributed by atoms with Crippen LogP contribution in [0.25, 0.3) is 17.0 Å². The Morgan fingerprint density at radius 3 is 2.65 bits per heavy atom. The number of aromatic nitrogens is 1.